The first-order valence-electron chi connectivity index (χ1n) is 6.21. The molecule has 0 radical (unpaired) electrons. The van der Waals surface area contributed by atoms with E-state index in [4.69, 9.17) is 16.3 Å². The highest BCUT2D eigenvalue weighted by atomic mass is 35.5. The van der Waals surface area contributed by atoms with Gasteiger partial charge in [-0.1, -0.05) is 24.6 Å². The number of ether oxygens (including phenoxy) is 1. The van der Waals surface area contributed by atoms with Gasteiger partial charge in [-0.3, -0.25) is 4.99 Å². The maximum Gasteiger partial charge on any atom is 0.417 e. The summed E-state index contributed by atoms with van der Waals surface area (Å²) in [6.45, 7) is 3.24. The van der Waals surface area contributed by atoms with Crippen LogP contribution >= 0.6 is 11.6 Å². The molecule has 1 heterocycles. The van der Waals surface area contributed by atoms with Crippen molar-refractivity contribution in [2.45, 2.75) is 25.7 Å². The second kappa shape index (κ2) is 5.91. The van der Waals surface area contributed by atoms with Crippen LogP contribution in [0.25, 0.3) is 0 Å². The molecule has 20 heavy (non-hydrogen) atoms. The Bertz CT molecular complexity index is 505. The first-order valence-corrected chi connectivity index (χ1v) is 6.59. The Hall–Kier alpha value is -1.43. The Balaban J connectivity index is 2.22. The Labute approximate surface area is 120 Å². The third-order valence-corrected chi connectivity index (χ3v) is 3.36. The minimum atomic E-state index is -4.49. The van der Waals surface area contributed by atoms with Gasteiger partial charge in [-0.2, -0.15) is 13.2 Å². The monoisotopic (exact) mass is 306 g/mol. The summed E-state index contributed by atoms with van der Waals surface area (Å²) in [6, 6.07) is 3.66. The summed E-state index contributed by atoms with van der Waals surface area (Å²) >= 11 is 5.80. The average Bonchev–Trinajstić information content (AvgIpc) is 2.90. The van der Waals surface area contributed by atoms with E-state index in [1.807, 2.05) is 11.8 Å². The van der Waals surface area contributed by atoms with E-state index in [1.165, 1.54) is 12.1 Å². The molecule has 2 rings (SSSR count). The minimum absolute atomic E-state index is 0.0358. The molecule has 1 aliphatic rings. The maximum absolute atomic E-state index is 12.8. The predicted molar refractivity (Wildman–Crippen MR) is 71.2 cm³/mol. The van der Waals surface area contributed by atoms with Crippen LogP contribution in [0.5, 0.6) is 5.75 Å². The largest absolute Gasteiger partial charge is 0.469 e. The van der Waals surface area contributed by atoms with Crippen molar-refractivity contribution in [3.8, 4) is 5.75 Å². The highest BCUT2D eigenvalue weighted by Crippen LogP contribution is 2.39. The van der Waals surface area contributed by atoms with Gasteiger partial charge in [0.25, 0.3) is 0 Å². The summed E-state index contributed by atoms with van der Waals surface area (Å²) in [5, 5.41) is -0.408. The molecular weight excluding hydrogens is 293 g/mol. The topological polar surface area (TPSA) is 24.8 Å². The zero-order chi connectivity index (χ0) is 14.8. The van der Waals surface area contributed by atoms with Crippen molar-refractivity contribution in [3.05, 3.63) is 28.8 Å². The highest BCUT2D eigenvalue weighted by molar-refractivity contribution is 6.32. The molecule has 1 atom stereocenters. The lowest BCUT2D eigenvalue weighted by molar-refractivity contribution is -0.137. The van der Waals surface area contributed by atoms with Crippen LogP contribution in [0.15, 0.2) is 23.2 Å². The second-order valence-corrected chi connectivity index (χ2v) is 4.73. The molecule has 0 saturated carbocycles. The molecule has 0 aliphatic carbocycles. The van der Waals surface area contributed by atoms with Crippen molar-refractivity contribution in [1.82, 2.24) is 4.90 Å². The summed E-state index contributed by atoms with van der Waals surface area (Å²) in [5.74, 6) is 0.0358. The Morgan fingerprint density at radius 1 is 1.45 bits per heavy atom. The van der Waals surface area contributed by atoms with Crippen LogP contribution in [0.3, 0.4) is 0 Å². The van der Waals surface area contributed by atoms with E-state index >= 15 is 0 Å². The van der Waals surface area contributed by atoms with Gasteiger partial charge in [0.15, 0.2) is 6.23 Å². The van der Waals surface area contributed by atoms with Crippen LogP contribution < -0.4 is 4.74 Å². The lowest BCUT2D eigenvalue weighted by Crippen LogP contribution is -2.37. The van der Waals surface area contributed by atoms with Crippen molar-refractivity contribution < 1.29 is 17.9 Å². The summed E-state index contributed by atoms with van der Waals surface area (Å²) in [4.78, 5) is 5.91. The van der Waals surface area contributed by atoms with E-state index in [-0.39, 0.29) is 12.0 Å². The molecule has 0 spiro atoms. The van der Waals surface area contributed by atoms with Gasteiger partial charge >= 0.3 is 6.18 Å². The second-order valence-electron chi connectivity index (χ2n) is 4.36. The molecule has 1 aliphatic heterocycles. The molecule has 3 nitrogen and oxygen atoms in total. The van der Waals surface area contributed by atoms with E-state index in [0.717, 1.165) is 6.07 Å². The fourth-order valence-corrected chi connectivity index (χ4v) is 2.24. The molecule has 1 aromatic rings. The van der Waals surface area contributed by atoms with Crippen molar-refractivity contribution in [2.24, 2.45) is 4.99 Å². The predicted octanol–water partition coefficient (Wildman–Crippen LogP) is 3.82. The summed E-state index contributed by atoms with van der Waals surface area (Å²) < 4.78 is 43.9. The van der Waals surface area contributed by atoms with Gasteiger partial charge in [0.1, 0.15) is 5.75 Å². The number of rotatable bonds is 4. The normalized spacial score (nSPS) is 16.6. The fraction of sp³-hybridized carbons (Fsp3) is 0.462. The third-order valence-electron chi connectivity index (χ3n) is 2.97. The van der Waals surface area contributed by atoms with Gasteiger partial charge in [0.05, 0.1) is 23.5 Å². The zero-order valence-electron chi connectivity index (χ0n) is 10.8. The van der Waals surface area contributed by atoms with Crippen LogP contribution in [0.2, 0.25) is 5.02 Å². The number of nitrogens with zero attached hydrogens (tertiary/aromatic N) is 2. The standard InChI is InChI=1S/C13H14ClF3N2O/c1-2-11(19-7-6-18-8-19)20-10-5-3-4-9(12(10)14)13(15,16)17/h3-5,8,11H,2,6-7H2,1H3. The highest BCUT2D eigenvalue weighted by Gasteiger charge is 2.34. The maximum atomic E-state index is 12.8. The summed E-state index contributed by atoms with van der Waals surface area (Å²) in [5.41, 5.74) is -0.887. The van der Waals surface area contributed by atoms with Gasteiger partial charge in [-0.05, 0) is 12.1 Å². The number of hydrogen-bond acceptors (Lipinski definition) is 3. The molecule has 0 fully saturated rings. The van der Waals surface area contributed by atoms with Crippen molar-refractivity contribution in [2.75, 3.05) is 13.1 Å². The first-order chi connectivity index (χ1) is 9.43. The Morgan fingerprint density at radius 2 is 2.20 bits per heavy atom. The Kier molecular flexibility index (Phi) is 4.42. The number of alkyl halides is 3. The summed E-state index contributed by atoms with van der Waals surface area (Å²) in [6.07, 6.45) is -2.61. The lowest BCUT2D eigenvalue weighted by Gasteiger charge is -2.27. The molecule has 110 valence electrons. The molecule has 0 amide bonds. The molecule has 0 N–H and O–H groups in total. The minimum Gasteiger partial charge on any atom is -0.469 e. The summed E-state index contributed by atoms with van der Waals surface area (Å²) in [7, 11) is 0. The number of aliphatic imine (C=N–C) groups is 1. The van der Waals surface area contributed by atoms with Gasteiger partial charge in [-0.25, -0.2) is 0 Å². The smallest absolute Gasteiger partial charge is 0.417 e. The van der Waals surface area contributed by atoms with Crippen LogP contribution in [-0.2, 0) is 6.18 Å². The lowest BCUT2D eigenvalue weighted by atomic mass is 10.2. The number of hydrogen-bond donors (Lipinski definition) is 0. The quantitative estimate of drug-likeness (QED) is 0.845. The van der Waals surface area contributed by atoms with Gasteiger partial charge in [0, 0.05) is 13.0 Å². The van der Waals surface area contributed by atoms with Crippen molar-refractivity contribution in [1.29, 1.82) is 0 Å². The molecular formula is C13H14ClF3N2O. The van der Waals surface area contributed by atoms with Crippen LogP contribution in [0, 0.1) is 0 Å². The van der Waals surface area contributed by atoms with E-state index in [9.17, 15) is 13.2 Å². The SMILES string of the molecule is CCC(Oc1cccc(C(F)(F)F)c1Cl)N1C=NCC1. The molecule has 1 unspecified atom stereocenters. The number of benzene rings is 1. The fourth-order valence-electron chi connectivity index (χ4n) is 1.96. The van der Waals surface area contributed by atoms with Gasteiger partial charge in [-0.15, -0.1) is 0 Å². The average molecular weight is 307 g/mol. The molecule has 7 heteroatoms. The van der Waals surface area contributed by atoms with E-state index in [2.05, 4.69) is 4.99 Å². The molecule has 1 aromatic carbocycles. The first kappa shape index (κ1) is 15.0. The Morgan fingerprint density at radius 3 is 2.75 bits per heavy atom. The van der Waals surface area contributed by atoms with Crippen LogP contribution in [-0.4, -0.2) is 30.6 Å². The van der Waals surface area contributed by atoms with E-state index < -0.39 is 16.8 Å². The van der Waals surface area contributed by atoms with Crippen molar-refractivity contribution >= 4 is 17.9 Å². The van der Waals surface area contributed by atoms with Crippen molar-refractivity contribution in [3.63, 3.8) is 0 Å². The molecule has 0 aromatic heterocycles. The van der Waals surface area contributed by atoms with Crippen LogP contribution in [0.4, 0.5) is 13.2 Å². The number of halogens is 4. The molecule has 0 saturated heterocycles. The molecule has 0 bridgehead atoms. The van der Waals surface area contributed by atoms with E-state index in [1.54, 1.807) is 6.34 Å². The van der Waals surface area contributed by atoms with E-state index in [0.29, 0.717) is 19.5 Å². The third kappa shape index (κ3) is 3.17. The zero-order valence-corrected chi connectivity index (χ0v) is 11.6. The van der Waals surface area contributed by atoms with Gasteiger partial charge in [0.2, 0.25) is 0 Å². The van der Waals surface area contributed by atoms with Crippen LogP contribution in [0.1, 0.15) is 18.9 Å². The van der Waals surface area contributed by atoms with Gasteiger partial charge < -0.3 is 9.64 Å².